The first kappa shape index (κ1) is 14.0. The van der Waals surface area contributed by atoms with Crippen molar-refractivity contribution in [3.05, 3.63) is 23.8 Å². The molecular formula is C13H18N4O. The fourth-order valence-electron chi connectivity index (χ4n) is 1.48. The van der Waals surface area contributed by atoms with Gasteiger partial charge in [-0.25, -0.2) is 0 Å². The molecule has 0 saturated carbocycles. The van der Waals surface area contributed by atoms with E-state index in [1.165, 1.54) is 0 Å². The summed E-state index contributed by atoms with van der Waals surface area (Å²) in [5.41, 5.74) is 8.10. The van der Waals surface area contributed by atoms with Gasteiger partial charge in [0.2, 0.25) is 5.91 Å². The third-order valence-corrected chi connectivity index (χ3v) is 2.58. The van der Waals surface area contributed by atoms with Gasteiger partial charge in [-0.05, 0) is 31.7 Å². The van der Waals surface area contributed by atoms with Crippen molar-refractivity contribution in [1.29, 1.82) is 5.26 Å². The zero-order valence-electron chi connectivity index (χ0n) is 10.7. The molecule has 0 bridgehead atoms. The SMILES string of the molecule is Cc1ccc(NC(=O)CN(C)CCC#N)cc1N. The zero-order valence-corrected chi connectivity index (χ0v) is 10.7. The smallest absolute Gasteiger partial charge is 0.238 e. The Morgan fingerprint density at radius 1 is 1.56 bits per heavy atom. The molecule has 0 aromatic heterocycles. The highest BCUT2D eigenvalue weighted by molar-refractivity contribution is 5.92. The average Bonchev–Trinajstić information content (AvgIpc) is 2.31. The van der Waals surface area contributed by atoms with E-state index < -0.39 is 0 Å². The van der Waals surface area contributed by atoms with Crippen LogP contribution in [0.2, 0.25) is 0 Å². The summed E-state index contributed by atoms with van der Waals surface area (Å²) in [4.78, 5) is 13.5. The number of nitriles is 1. The van der Waals surface area contributed by atoms with Crippen LogP contribution in [0, 0.1) is 18.3 Å². The van der Waals surface area contributed by atoms with E-state index in [1.807, 2.05) is 25.1 Å². The fraction of sp³-hybridized carbons (Fsp3) is 0.385. The molecule has 3 N–H and O–H groups in total. The lowest BCUT2D eigenvalue weighted by Crippen LogP contribution is -2.30. The molecular weight excluding hydrogens is 228 g/mol. The number of nitrogens with one attached hydrogen (secondary N) is 1. The molecule has 0 atom stereocenters. The van der Waals surface area contributed by atoms with E-state index in [2.05, 4.69) is 5.32 Å². The van der Waals surface area contributed by atoms with Crippen LogP contribution in [0.4, 0.5) is 11.4 Å². The number of nitrogens with two attached hydrogens (primary N) is 1. The largest absolute Gasteiger partial charge is 0.398 e. The lowest BCUT2D eigenvalue weighted by atomic mass is 10.2. The molecule has 1 aromatic rings. The van der Waals surface area contributed by atoms with Crippen LogP contribution in [-0.2, 0) is 4.79 Å². The van der Waals surface area contributed by atoms with E-state index in [1.54, 1.807) is 18.0 Å². The standard InChI is InChI=1S/C13H18N4O/c1-10-4-5-11(8-12(10)15)16-13(18)9-17(2)7-3-6-14/h4-5,8H,3,7,9,15H2,1-2H3,(H,16,18). The Hall–Kier alpha value is -2.06. The van der Waals surface area contributed by atoms with Gasteiger partial charge in [-0.3, -0.25) is 9.69 Å². The zero-order chi connectivity index (χ0) is 13.5. The summed E-state index contributed by atoms with van der Waals surface area (Å²) in [6.45, 7) is 2.76. The first-order valence-electron chi connectivity index (χ1n) is 5.74. The van der Waals surface area contributed by atoms with E-state index in [0.29, 0.717) is 24.3 Å². The van der Waals surface area contributed by atoms with Crippen LogP contribution in [0.25, 0.3) is 0 Å². The third-order valence-electron chi connectivity index (χ3n) is 2.58. The molecule has 0 aliphatic carbocycles. The van der Waals surface area contributed by atoms with Gasteiger partial charge in [0.05, 0.1) is 12.6 Å². The minimum atomic E-state index is -0.112. The van der Waals surface area contributed by atoms with Gasteiger partial charge < -0.3 is 11.1 Å². The highest BCUT2D eigenvalue weighted by Crippen LogP contribution is 2.16. The monoisotopic (exact) mass is 246 g/mol. The summed E-state index contributed by atoms with van der Waals surface area (Å²) in [7, 11) is 1.81. The maximum Gasteiger partial charge on any atom is 0.238 e. The normalized spacial score (nSPS) is 10.1. The van der Waals surface area contributed by atoms with Crippen LogP contribution in [0.5, 0.6) is 0 Å². The Balaban J connectivity index is 2.49. The summed E-state index contributed by atoms with van der Waals surface area (Å²) in [6.07, 6.45) is 0.418. The Labute approximate surface area is 107 Å². The van der Waals surface area contributed by atoms with Gasteiger partial charge in [0.25, 0.3) is 0 Å². The number of rotatable bonds is 5. The molecule has 1 rings (SSSR count). The van der Waals surface area contributed by atoms with Gasteiger partial charge in [0.15, 0.2) is 0 Å². The first-order valence-corrected chi connectivity index (χ1v) is 5.74. The number of anilines is 2. The summed E-state index contributed by atoms with van der Waals surface area (Å²) in [5, 5.41) is 11.2. The van der Waals surface area contributed by atoms with Crippen molar-refractivity contribution in [1.82, 2.24) is 4.90 Å². The summed E-state index contributed by atoms with van der Waals surface area (Å²) < 4.78 is 0. The number of nitrogen functional groups attached to an aromatic ring is 1. The minimum absolute atomic E-state index is 0.112. The van der Waals surface area contributed by atoms with E-state index >= 15 is 0 Å². The predicted molar refractivity (Wildman–Crippen MR) is 71.9 cm³/mol. The highest BCUT2D eigenvalue weighted by Gasteiger charge is 2.07. The van der Waals surface area contributed by atoms with Gasteiger partial charge in [0, 0.05) is 24.3 Å². The van der Waals surface area contributed by atoms with Crippen LogP contribution in [0.15, 0.2) is 18.2 Å². The van der Waals surface area contributed by atoms with Crippen molar-refractivity contribution in [2.24, 2.45) is 0 Å². The Morgan fingerprint density at radius 3 is 2.89 bits per heavy atom. The van der Waals surface area contributed by atoms with Gasteiger partial charge in [-0.2, -0.15) is 5.26 Å². The lowest BCUT2D eigenvalue weighted by Gasteiger charge is -2.14. The maximum absolute atomic E-state index is 11.7. The Morgan fingerprint density at radius 2 is 2.28 bits per heavy atom. The fourth-order valence-corrected chi connectivity index (χ4v) is 1.48. The molecule has 0 aliphatic rings. The Bertz CT molecular complexity index is 465. The molecule has 96 valence electrons. The van der Waals surface area contributed by atoms with Crippen molar-refractivity contribution in [2.45, 2.75) is 13.3 Å². The number of nitrogens with zero attached hydrogens (tertiary/aromatic N) is 2. The number of carbonyl (C=O) groups excluding carboxylic acids is 1. The first-order chi connectivity index (χ1) is 8.52. The second-order valence-corrected chi connectivity index (χ2v) is 4.27. The van der Waals surface area contributed by atoms with Gasteiger partial charge in [-0.15, -0.1) is 0 Å². The van der Waals surface area contributed by atoms with Crippen LogP contribution >= 0.6 is 0 Å². The van der Waals surface area contributed by atoms with Gasteiger partial charge >= 0.3 is 0 Å². The van der Waals surface area contributed by atoms with Crippen LogP contribution in [0.3, 0.4) is 0 Å². The van der Waals surface area contributed by atoms with Crippen molar-refractivity contribution in [3.8, 4) is 6.07 Å². The lowest BCUT2D eigenvalue weighted by molar-refractivity contribution is -0.117. The van der Waals surface area contributed by atoms with Crippen molar-refractivity contribution in [3.63, 3.8) is 0 Å². The number of likely N-dealkylation sites (N-methyl/N-ethyl adjacent to an activating group) is 1. The van der Waals surface area contributed by atoms with Gasteiger partial charge in [-0.1, -0.05) is 6.07 Å². The van der Waals surface area contributed by atoms with E-state index in [9.17, 15) is 4.79 Å². The number of hydrogen-bond donors (Lipinski definition) is 2. The number of hydrogen-bond acceptors (Lipinski definition) is 4. The summed E-state index contributed by atoms with van der Waals surface area (Å²) in [6, 6.07) is 7.47. The van der Waals surface area contributed by atoms with Crippen LogP contribution < -0.4 is 11.1 Å². The third kappa shape index (κ3) is 4.44. The molecule has 0 aliphatic heterocycles. The quantitative estimate of drug-likeness (QED) is 0.768. The summed E-state index contributed by atoms with van der Waals surface area (Å²) >= 11 is 0. The molecule has 0 radical (unpaired) electrons. The number of amides is 1. The average molecular weight is 246 g/mol. The van der Waals surface area contributed by atoms with Crippen LogP contribution in [-0.4, -0.2) is 30.9 Å². The number of carbonyl (C=O) groups is 1. The van der Waals surface area contributed by atoms with Crippen LogP contribution in [0.1, 0.15) is 12.0 Å². The van der Waals surface area contributed by atoms with E-state index in [4.69, 9.17) is 11.0 Å². The second kappa shape index (κ2) is 6.62. The molecule has 0 saturated heterocycles. The molecule has 1 aromatic carbocycles. The predicted octanol–water partition coefficient (Wildman–Crippen LogP) is 1.36. The van der Waals surface area contributed by atoms with Crippen molar-refractivity contribution in [2.75, 3.05) is 31.2 Å². The molecule has 1 amide bonds. The van der Waals surface area contributed by atoms with Crippen molar-refractivity contribution >= 4 is 17.3 Å². The molecule has 0 unspecified atom stereocenters. The number of benzene rings is 1. The van der Waals surface area contributed by atoms with Gasteiger partial charge in [0.1, 0.15) is 0 Å². The molecule has 18 heavy (non-hydrogen) atoms. The second-order valence-electron chi connectivity index (χ2n) is 4.27. The molecule has 0 heterocycles. The molecule has 0 spiro atoms. The molecule has 5 nitrogen and oxygen atoms in total. The van der Waals surface area contributed by atoms with Crippen molar-refractivity contribution < 1.29 is 4.79 Å². The molecule has 0 fully saturated rings. The molecule has 5 heteroatoms. The Kier molecular flexibility index (Phi) is 5.15. The number of aryl methyl sites for hydroxylation is 1. The van der Waals surface area contributed by atoms with E-state index in [0.717, 1.165) is 5.56 Å². The maximum atomic E-state index is 11.7. The minimum Gasteiger partial charge on any atom is -0.398 e. The topological polar surface area (TPSA) is 82.2 Å². The highest BCUT2D eigenvalue weighted by atomic mass is 16.2. The van der Waals surface area contributed by atoms with E-state index in [-0.39, 0.29) is 12.5 Å². The summed E-state index contributed by atoms with van der Waals surface area (Å²) in [5.74, 6) is -0.112.